The molecule has 2 aliphatic heterocycles. The second-order valence-corrected chi connectivity index (χ2v) is 9.99. The van der Waals surface area contributed by atoms with Crippen LogP contribution in [0.3, 0.4) is 0 Å². The lowest BCUT2D eigenvalue weighted by atomic mass is 10.0. The van der Waals surface area contributed by atoms with E-state index in [4.69, 9.17) is 0 Å². The van der Waals surface area contributed by atoms with Crippen LogP contribution >= 0.6 is 11.8 Å². The molecule has 1 N–H and O–H groups in total. The molecule has 2 saturated heterocycles. The van der Waals surface area contributed by atoms with Crippen molar-refractivity contribution in [2.24, 2.45) is 12.0 Å². The Morgan fingerprint density at radius 3 is 2.81 bits per heavy atom. The number of aliphatic imine (C=N–C) groups is 1. The van der Waals surface area contributed by atoms with Gasteiger partial charge < -0.3 is 10.2 Å². The smallest absolute Gasteiger partial charge is 0.215 e. The molecule has 1 aromatic rings. The van der Waals surface area contributed by atoms with Gasteiger partial charge in [0, 0.05) is 70.4 Å². The predicted octanol–water partition coefficient (Wildman–Crippen LogP) is 0.163. The summed E-state index contributed by atoms with van der Waals surface area (Å²) in [5, 5.41) is 7.48. The average Bonchev–Trinajstić information content (AvgIpc) is 3.28. The number of sulfonamides is 1. The summed E-state index contributed by atoms with van der Waals surface area (Å²) in [5.41, 5.74) is 1.25. The van der Waals surface area contributed by atoms with Crippen LogP contribution in [0.25, 0.3) is 0 Å². The predicted molar refractivity (Wildman–Crippen MR) is 106 cm³/mol. The first-order chi connectivity index (χ1) is 12.5. The highest BCUT2D eigenvalue weighted by Crippen LogP contribution is 2.26. The molecule has 3 heterocycles. The van der Waals surface area contributed by atoms with Crippen LogP contribution < -0.4 is 5.32 Å². The van der Waals surface area contributed by atoms with Gasteiger partial charge in [0.1, 0.15) is 0 Å². The van der Waals surface area contributed by atoms with Crippen LogP contribution in [-0.2, 0) is 17.1 Å². The molecule has 26 heavy (non-hydrogen) atoms. The largest absolute Gasteiger partial charge is 0.355 e. The minimum Gasteiger partial charge on any atom is -0.355 e. The summed E-state index contributed by atoms with van der Waals surface area (Å²) in [4.78, 5) is 6.53. The molecule has 2 fully saturated rings. The molecule has 3 rings (SSSR count). The molecule has 0 amide bonds. The minimum atomic E-state index is -3.19. The molecule has 1 unspecified atom stereocenters. The number of hydrogen-bond acceptors (Lipinski definition) is 5. The van der Waals surface area contributed by atoms with Gasteiger partial charge in [-0.25, -0.2) is 12.7 Å². The Kier molecular flexibility index (Phi) is 6.46. The summed E-state index contributed by atoms with van der Waals surface area (Å²) in [6.07, 6.45) is 5.04. The molecule has 0 radical (unpaired) electrons. The number of aryl methyl sites for hydroxylation is 1. The summed E-state index contributed by atoms with van der Waals surface area (Å²) < 4.78 is 28.3. The third kappa shape index (κ3) is 4.72. The van der Waals surface area contributed by atoms with Gasteiger partial charge in [-0.1, -0.05) is 0 Å². The maximum atomic E-state index is 12.4. The first-order valence-electron chi connectivity index (χ1n) is 8.99. The SMILES string of the molecule is CN=C(NCCS(=O)(=O)N1CCSCC1)N1CCC(c2cnn(C)c2)C1. The minimum absolute atomic E-state index is 0.108. The number of thioether (sulfide) groups is 1. The summed E-state index contributed by atoms with van der Waals surface area (Å²) in [5.74, 6) is 3.10. The number of rotatable bonds is 5. The molecule has 1 atom stereocenters. The zero-order valence-electron chi connectivity index (χ0n) is 15.5. The fourth-order valence-electron chi connectivity index (χ4n) is 3.45. The molecule has 1 aromatic heterocycles. The van der Waals surface area contributed by atoms with Crippen LogP contribution in [0.5, 0.6) is 0 Å². The normalized spacial score (nSPS) is 22.8. The van der Waals surface area contributed by atoms with E-state index in [0.717, 1.165) is 37.0 Å². The van der Waals surface area contributed by atoms with E-state index >= 15 is 0 Å². The van der Waals surface area contributed by atoms with Crippen molar-refractivity contribution in [3.05, 3.63) is 18.0 Å². The molecule has 8 nitrogen and oxygen atoms in total. The van der Waals surface area contributed by atoms with Gasteiger partial charge in [0.05, 0.1) is 11.9 Å². The fraction of sp³-hybridized carbons (Fsp3) is 0.750. The fourth-order valence-corrected chi connectivity index (χ4v) is 5.95. The van der Waals surface area contributed by atoms with Crippen molar-refractivity contribution < 1.29 is 8.42 Å². The molecule has 0 saturated carbocycles. The van der Waals surface area contributed by atoms with E-state index in [1.807, 2.05) is 29.7 Å². The molecule has 2 aliphatic rings. The van der Waals surface area contributed by atoms with E-state index in [2.05, 4.69) is 26.5 Å². The highest BCUT2D eigenvalue weighted by molar-refractivity contribution is 7.99. The van der Waals surface area contributed by atoms with E-state index in [0.29, 0.717) is 25.6 Å². The van der Waals surface area contributed by atoms with Crippen molar-refractivity contribution in [3.63, 3.8) is 0 Å². The van der Waals surface area contributed by atoms with Crippen molar-refractivity contribution in [3.8, 4) is 0 Å². The lowest BCUT2D eigenvalue weighted by Gasteiger charge is -2.26. The van der Waals surface area contributed by atoms with Crippen LogP contribution in [0.15, 0.2) is 17.4 Å². The van der Waals surface area contributed by atoms with Crippen molar-refractivity contribution in [1.82, 2.24) is 24.3 Å². The van der Waals surface area contributed by atoms with E-state index in [1.165, 1.54) is 5.56 Å². The number of aromatic nitrogens is 2. The summed E-state index contributed by atoms with van der Waals surface area (Å²) in [7, 11) is 0.486. The van der Waals surface area contributed by atoms with Gasteiger partial charge >= 0.3 is 0 Å². The van der Waals surface area contributed by atoms with Crippen LogP contribution in [0.2, 0.25) is 0 Å². The highest BCUT2D eigenvalue weighted by Gasteiger charge is 2.28. The Morgan fingerprint density at radius 2 is 2.15 bits per heavy atom. The van der Waals surface area contributed by atoms with E-state index in [9.17, 15) is 8.42 Å². The van der Waals surface area contributed by atoms with Gasteiger partial charge in [-0.3, -0.25) is 9.67 Å². The Labute approximate surface area is 160 Å². The first-order valence-corrected chi connectivity index (χ1v) is 11.8. The van der Waals surface area contributed by atoms with Gasteiger partial charge in [-0.05, 0) is 12.0 Å². The van der Waals surface area contributed by atoms with E-state index in [1.54, 1.807) is 11.4 Å². The number of likely N-dealkylation sites (tertiary alicyclic amines) is 1. The molecule has 0 spiro atoms. The Hall–Kier alpha value is -1.26. The molecule has 0 aliphatic carbocycles. The lowest BCUT2D eigenvalue weighted by Crippen LogP contribution is -2.45. The molecule has 10 heteroatoms. The number of guanidine groups is 1. The Balaban J connectivity index is 1.49. The summed E-state index contributed by atoms with van der Waals surface area (Å²) >= 11 is 1.81. The zero-order chi connectivity index (χ0) is 18.6. The maximum Gasteiger partial charge on any atom is 0.215 e. The topological polar surface area (TPSA) is 82.8 Å². The quantitative estimate of drug-likeness (QED) is 0.560. The van der Waals surface area contributed by atoms with Crippen LogP contribution in [0.4, 0.5) is 0 Å². The Morgan fingerprint density at radius 1 is 1.38 bits per heavy atom. The first kappa shape index (κ1) is 19.5. The summed E-state index contributed by atoms with van der Waals surface area (Å²) in [6.45, 7) is 3.42. The molecular weight excluding hydrogens is 372 g/mol. The van der Waals surface area contributed by atoms with E-state index < -0.39 is 10.0 Å². The van der Waals surface area contributed by atoms with Crippen LogP contribution in [0.1, 0.15) is 17.9 Å². The van der Waals surface area contributed by atoms with Crippen molar-refractivity contribution in [1.29, 1.82) is 0 Å². The highest BCUT2D eigenvalue weighted by atomic mass is 32.2. The van der Waals surface area contributed by atoms with Gasteiger partial charge in [0.15, 0.2) is 5.96 Å². The summed E-state index contributed by atoms with van der Waals surface area (Å²) in [6, 6.07) is 0. The second-order valence-electron chi connectivity index (χ2n) is 6.68. The van der Waals surface area contributed by atoms with Crippen LogP contribution in [-0.4, -0.2) is 90.4 Å². The second kappa shape index (κ2) is 8.62. The number of hydrogen-bond donors (Lipinski definition) is 1. The van der Waals surface area contributed by atoms with Gasteiger partial charge in [-0.15, -0.1) is 0 Å². The molecule has 146 valence electrons. The standard InChI is InChI=1S/C16H28N6O2S2/c1-17-16(18-4-10-26(23,24)22-6-8-25-9-7-22)21-5-3-14(13-21)15-11-19-20(2)12-15/h11-12,14H,3-10,13H2,1-2H3,(H,17,18). The Bertz CT molecular complexity index is 727. The third-order valence-corrected chi connectivity index (χ3v) is 7.72. The molecular formula is C16H28N6O2S2. The van der Waals surface area contributed by atoms with Crippen molar-refractivity contribution in [2.45, 2.75) is 12.3 Å². The maximum absolute atomic E-state index is 12.4. The van der Waals surface area contributed by atoms with Crippen molar-refractivity contribution in [2.75, 3.05) is 57.0 Å². The number of nitrogens with zero attached hydrogens (tertiary/aromatic N) is 5. The van der Waals surface area contributed by atoms with Gasteiger partial charge in [0.2, 0.25) is 10.0 Å². The third-order valence-electron chi connectivity index (χ3n) is 4.90. The van der Waals surface area contributed by atoms with E-state index in [-0.39, 0.29) is 5.75 Å². The molecule has 0 bridgehead atoms. The van der Waals surface area contributed by atoms with Gasteiger partial charge in [-0.2, -0.15) is 16.9 Å². The monoisotopic (exact) mass is 400 g/mol. The van der Waals surface area contributed by atoms with Crippen LogP contribution in [0, 0.1) is 0 Å². The van der Waals surface area contributed by atoms with Gasteiger partial charge in [0.25, 0.3) is 0 Å². The number of nitrogens with one attached hydrogen (secondary N) is 1. The van der Waals surface area contributed by atoms with Crippen molar-refractivity contribution >= 4 is 27.7 Å². The zero-order valence-corrected chi connectivity index (χ0v) is 17.1. The molecule has 0 aromatic carbocycles. The lowest BCUT2D eigenvalue weighted by molar-refractivity contribution is 0.442. The average molecular weight is 401 g/mol.